The van der Waals surface area contributed by atoms with Gasteiger partial charge in [0.1, 0.15) is 11.6 Å². The zero-order valence-electron chi connectivity index (χ0n) is 7.41. The average Bonchev–Trinajstić information content (AvgIpc) is 2.09. The number of primary sulfonamides is 1. The van der Waals surface area contributed by atoms with Crippen LogP contribution in [0.5, 0.6) is 0 Å². The Morgan fingerprint density at radius 1 is 1.33 bits per heavy atom. The normalized spacial score (nSPS) is 11.4. The predicted molar refractivity (Wildman–Crippen MR) is 48.6 cm³/mol. The van der Waals surface area contributed by atoms with Gasteiger partial charge in [-0.25, -0.2) is 22.3 Å². The maximum absolute atomic E-state index is 13.3. The molecule has 0 unspecified atom stereocenters. The molecule has 0 aromatic heterocycles. The van der Waals surface area contributed by atoms with E-state index in [-0.39, 0.29) is 11.8 Å². The Labute approximate surface area is 84.8 Å². The summed E-state index contributed by atoms with van der Waals surface area (Å²) in [7, 11) is -3.92. The van der Waals surface area contributed by atoms with Crippen molar-refractivity contribution in [3.8, 4) is 0 Å². The smallest absolute Gasteiger partial charge is 0.213 e. The highest BCUT2D eigenvalue weighted by Gasteiger charge is 2.16. The van der Waals surface area contributed by atoms with Gasteiger partial charge in [0.25, 0.3) is 0 Å². The van der Waals surface area contributed by atoms with Crippen LogP contribution in [0.4, 0.5) is 8.78 Å². The molecule has 0 radical (unpaired) electrons. The quantitative estimate of drug-likeness (QED) is 0.778. The van der Waals surface area contributed by atoms with Crippen LogP contribution in [-0.2, 0) is 15.8 Å². The number of benzene rings is 1. The highest BCUT2D eigenvalue weighted by Crippen LogP contribution is 2.16. The van der Waals surface area contributed by atoms with E-state index in [9.17, 15) is 22.0 Å². The van der Waals surface area contributed by atoms with Crippen molar-refractivity contribution in [3.05, 3.63) is 34.9 Å². The minimum Gasteiger partial charge on any atom is -0.298 e. The summed E-state index contributed by atoms with van der Waals surface area (Å²) in [6, 6.07) is 1.75. The molecule has 0 aliphatic rings. The number of carbonyl (C=O) groups is 1. The van der Waals surface area contributed by atoms with Crippen molar-refractivity contribution >= 4 is 16.3 Å². The first kappa shape index (κ1) is 11.7. The van der Waals surface area contributed by atoms with Gasteiger partial charge in [0.2, 0.25) is 10.0 Å². The molecule has 1 rings (SSSR count). The molecule has 0 spiro atoms. The molecule has 4 nitrogen and oxygen atoms in total. The fourth-order valence-electron chi connectivity index (χ4n) is 1.05. The Bertz CT molecular complexity index is 499. The molecule has 82 valence electrons. The van der Waals surface area contributed by atoms with Crippen LogP contribution in [0.2, 0.25) is 0 Å². The Balaban J connectivity index is 3.28. The van der Waals surface area contributed by atoms with Crippen molar-refractivity contribution in [1.29, 1.82) is 0 Å². The molecule has 15 heavy (non-hydrogen) atoms. The largest absolute Gasteiger partial charge is 0.298 e. The molecule has 2 N–H and O–H groups in total. The molecule has 0 aliphatic carbocycles. The maximum atomic E-state index is 13.3. The van der Waals surface area contributed by atoms with Gasteiger partial charge in [0.15, 0.2) is 6.29 Å². The highest BCUT2D eigenvalue weighted by molar-refractivity contribution is 7.88. The highest BCUT2D eigenvalue weighted by atomic mass is 32.2. The number of sulfonamides is 1. The lowest BCUT2D eigenvalue weighted by molar-refractivity contribution is 0.111. The van der Waals surface area contributed by atoms with E-state index in [0.29, 0.717) is 0 Å². The molecule has 0 aliphatic heterocycles. The molecule has 0 atom stereocenters. The topological polar surface area (TPSA) is 77.2 Å². The summed E-state index contributed by atoms with van der Waals surface area (Å²) in [5.74, 6) is -3.01. The summed E-state index contributed by atoms with van der Waals surface area (Å²) in [6.45, 7) is 0. The first-order valence-electron chi connectivity index (χ1n) is 3.77. The zero-order valence-corrected chi connectivity index (χ0v) is 8.22. The van der Waals surface area contributed by atoms with Gasteiger partial charge in [0.05, 0.1) is 11.3 Å². The first-order valence-corrected chi connectivity index (χ1v) is 5.49. The summed E-state index contributed by atoms with van der Waals surface area (Å²) in [4.78, 5) is 10.3. The molecule has 0 fully saturated rings. The van der Waals surface area contributed by atoms with E-state index in [0.717, 1.165) is 12.1 Å². The molecule has 0 saturated carbocycles. The standard InChI is InChI=1S/C8H7F2NO3S/c9-7-2-1-5(4-15(11,13)14)8(10)6(7)3-12/h1-3H,4H2,(H2,11,13,14). The van der Waals surface area contributed by atoms with Crippen LogP contribution in [0.3, 0.4) is 0 Å². The second-order valence-corrected chi connectivity index (χ2v) is 4.47. The van der Waals surface area contributed by atoms with Crippen molar-refractivity contribution in [3.63, 3.8) is 0 Å². The number of hydrogen-bond donors (Lipinski definition) is 1. The molecule has 1 aromatic rings. The Kier molecular flexibility index (Phi) is 3.15. The number of halogens is 2. The monoisotopic (exact) mass is 235 g/mol. The van der Waals surface area contributed by atoms with Gasteiger partial charge in [-0.05, 0) is 6.07 Å². The first-order chi connectivity index (χ1) is 6.85. The van der Waals surface area contributed by atoms with E-state index in [1.807, 2.05) is 0 Å². The van der Waals surface area contributed by atoms with E-state index < -0.39 is 33.0 Å². The van der Waals surface area contributed by atoms with Crippen molar-refractivity contribution < 1.29 is 22.0 Å². The van der Waals surface area contributed by atoms with E-state index in [1.54, 1.807) is 0 Å². The van der Waals surface area contributed by atoms with E-state index >= 15 is 0 Å². The van der Waals surface area contributed by atoms with E-state index in [2.05, 4.69) is 5.14 Å². The van der Waals surface area contributed by atoms with Crippen LogP contribution in [-0.4, -0.2) is 14.7 Å². The Morgan fingerprint density at radius 2 is 1.93 bits per heavy atom. The lowest BCUT2D eigenvalue weighted by atomic mass is 10.1. The number of nitrogens with two attached hydrogens (primary N) is 1. The lowest BCUT2D eigenvalue weighted by Crippen LogP contribution is -2.16. The van der Waals surface area contributed by atoms with Gasteiger partial charge in [-0.1, -0.05) is 6.07 Å². The summed E-state index contributed by atoms with van der Waals surface area (Å²) in [5, 5.41) is 4.69. The Hall–Kier alpha value is -1.34. The van der Waals surface area contributed by atoms with E-state index in [4.69, 9.17) is 0 Å². The van der Waals surface area contributed by atoms with Gasteiger partial charge in [-0.15, -0.1) is 0 Å². The lowest BCUT2D eigenvalue weighted by Gasteiger charge is -2.04. The fraction of sp³-hybridized carbons (Fsp3) is 0.125. The van der Waals surface area contributed by atoms with Crippen LogP contribution in [0, 0.1) is 11.6 Å². The van der Waals surface area contributed by atoms with Crippen molar-refractivity contribution in [2.24, 2.45) is 5.14 Å². The van der Waals surface area contributed by atoms with Crippen LogP contribution in [0.15, 0.2) is 12.1 Å². The summed E-state index contributed by atoms with van der Waals surface area (Å²) >= 11 is 0. The van der Waals surface area contributed by atoms with Crippen LogP contribution < -0.4 is 5.14 Å². The van der Waals surface area contributed by atoms with E-state index in [1.165, 1.54) is 0 Å². The van der Waals surface area contributed by atoms with Gasteiger partial charge in [-0.2, -0.15) is 0 Å². The van der Waals surface area contributed by atoms with Crippen molar-refractivity contribution in [2.75, 3.05) is 0 Å². The molecule has 0 saturated heterocycles. The molecule has 0 heterocycles. The third-order valence-electron chi connectivity index (χ3n) is 1.68. The van der Waals surface area contributed by atoms with Crippen LogP contribution in [0.25, 0.3) is 0 Å². The van der Waals surface area contributed by atoms with Crippen molar-refractivity contribution in [2.45, 2.75) is 5.75 Å². The molecule has 0 bridgehead atoms. The number of hydrogen-bond acceptors (Lipinski definition) is 3. The number of carbonyl (C=O) groups excluding carboxylic acids is 1. The SMILES string of the molecule is NS(=O)(=O)Cc1ccc(F)c(C=O)c1F. The molecule has 0 amide bonds. The van der Waals surface area contributed by atoms with Crippen LogP contribution in [0.1, 0.15) is 15.9 Å². The van der Waals surface area contributed by atoms with Gasteiger partial charge >= 0.3 is 0 Å². The van der Waals surface area contributed by atoms with Gasteiger partial charge in [-0.3, -0.25) is 4.79 Å². The zero-order chi connectivity index (χ0) is 11.6. The van der Waals surface area contributed by atoms with Gasteiger partial charge in [0, 0.05) is 5.56 Å². The number of rotatable bonds is 3. The summed E-state index contributed by atoms with van der Waals surface area (Å²) in [6.07, 6.45) is -0.0166. The third kappa shape index (κ3) is 2.80. The minimum atomic E-state index is -3.92. The van der Waals surface area contributed by atoms with Crippen molar-refractivity contribution in [1.82, 2.24) is 0 Å². The predicted octanol–water partition coefficient (Wildman–Crippen LogP) is 0.566. The second kappa shape index (κ2) is 4.03. The third-order valence-corrected chi connectivity index (χ3v) is 2.39. The molecule has 1 aromatic carbocycles. The second-order valence-electron chi connectivity index (χ2n) is 2.86. The van der Waals surface area contributed by atoms with Crippen LogP contribution >= 0.6 is 0 Å². The molecule has 7 heteroatoms. The molecular formula is C8H7F2NO3S. The minimum absolute atomic E-state index is 0.0166. The fourth-order valence-corrected chi connectivity index (χ4v) is 1.71. The Morgan fingerprint density at radius 3 is 2.40 bits per heavy atom. The molecular weight excluding hydrogens is 228 g/mol. The maximum Gasteiger partial charge on any atom is 0.213 e. The average molecular weight is 235 g/mol. The number of aldehydes is 1. The van der Waals surface area contributed by atoms with Gasteiger partial charge < -0.3 is 0 Å². The summed E-state index contributed by atoms with van der Waals surface area (Å²) in [5.41, 5.74) is -1.13. The summed E-state index contributed by atoms with van der Waals surface area (Å²) < 4.78 is 47.4.